The Labute approximate surface area is 114 Å². The maximum Gasteiger partial charge on any atom is 0.239 e. The summed E-state index contributed by atoms with van der Waals surface area (Å²) in [7, 11) is 1.98. The maximum atomic E-state index is 12.4. The Morgan fingerprint density at radius 2 is 2.26 bits per heavy atom. The Morgan fingerprint density at radius 1 is 1.53 bits per heavy atom. The van der Waals surface area contributed by atoms with E-state index in [9.17, 15) is 4.79 Å². The van der Waals surface area contributed by atoms with Crippen molar-refractivity contribution in [2.24, 2.45) is 0 Å². The smallest absolute Gasteiger partial charge is 0.239 e. The minimum atomic E-state index is -0.0988. The Balaban J connectivity index is 1.90. The van der Waals surface area contributed by atoms with E-state index in [-0.39, 0.29) is 11.9 Å². The first-order valence-corrected chi connectivity index (χ1v) is 6.77. The molecule has 0 bridgehead atoms. The van der Waals surface area contributed by atoms with Gasteiger partial charge in [0.05, 0.1) is 6.04 Å². The topological polar surface area (TPSA) is 48.5 Å². The van der Waals surface area contributed by atoms with Gasteiger partial charge in [0.25, 0.3) is 0 Å². The summed E-state index contributed by atoms with van der Waals surface area (Å²) >= 11 is 0. The Bertz CT molecular complexity index is 403. The number of piperazine rings is 1. The molecule has 0 spiro atoms. The van der Waals surface area contributed by atoms with E-state index >= 15 is 0 Å². The van der Waals surface area contributed by atoms with Crippen LogP contribution in [0.5, 0.6) is 0 Å². The van der Waals surface area contributed by atoms with Crippen molar-refractivity contribution in [2.45, 2.75) is 19.5 Å². The number of rotatable bonds is 4. The van der Waals surface area contributed by atoms with E-state index < -0.39 is 0 Å². The minimum absolute atomic E-state index is 0.0988. The second-order valence-corrected chi connectivity index (χ2v) is 5.03. The van der Waals surface area contributed by atoms with Crippen molar-refractivity contribution in [3.8, 4) is 0 Å². The summed E-state index contributed by atoms with van der Waals surface area (Å²) in [5.41, 5.74) is 1.13. The minimum Gasteiger partial charge on any atom is -0.339 e. The van der Waals surface area contributed by atoms with E-state index in [4.69, 9.17) is 0 Å². The van der Waals surface area contributed by atoms with Crippen molar-refractivity contribution in [3.63, 3.8) is 0 Å². The summed E-state index contributed by atoms with van der Waals surface area (Å²) in [6.07, 6.45) is 3.61. The highest BCUT2D eigenvalue weighted by molar-refractivity contribution is 5.81. The molecule has 1 aliphatic heterocycles. The first kappa shape index (κ1) is 14.0. The van der Waals surface area contributed by atoms with Crippen LogP contribution in [0.2, 0.25) is 0 Å². The number of hydrogen-bond donors (Lipinski definition) is 1. The zero-order valence-corrected chi connectivity index (χ0v) is 11.7. The van der Waals surface area contributed by atoms with E-state index in [1.54, 1.807) is 6.20 Å². The molecule has 5 nitrogen and oxygen atoms in total. The van der Waals surface area contributed by atoms with E-state index in [1.807, 2.05) is 37.2 Å². The van der Waals surface area contributed by atoms with Crippen molar-refractivity contribution >= 4 is 5.91 Å². The predicted octanol–water partition coefficient (Wildman–Crippen LogP) is 0.334. The van der Waals surface area contributed by atoms with Crippen LogP contribution in [0.3, 0.4) is 0 Å². The molecule has 19 heavy (non-hydrogen) atoms. The lowest BCUT2D eigenvalue weighted by molar-refractivity contribution is -0.136. The largest absolute Gasteiger partial charge is 0.339 e. The van der Waals surface area contributed by atoms with Gasteiger partial charge in [0.1, 0.15) is 0 Å². The van der Waals surface area contributed by atoms with Gasteiger partial charge in [-0.1, -0.05) is 6.07 Å². The van der Waals surface area contributed by atoms with E-state index in [1.165, 1.54) is 0 Å². The van der Waals surface area contributed by atoms with Crippen LogP contribution in [0.25, 0.3) is 0 Å². The Morgan fingerprint density at radius 3 is 2.89 bits per heavy atom. The fourth-order valence-corrected chi connectivity index (χ4v) is 2.25. The summed E-state index contributed by atoms with van der Waals surface area (Å²) in [6, 6.07) is 3.86. The first-order chi connectivity index (χ1) is 9.18. The lowest BCUT2D eigenvalue weighted by Gasteiger charge is -2.33. The standard InChI is InChI=1S/C14H22N4O/c1-12(14(19)18-8-6-15-7-9-18)17(2)11-13-4-3-5-16-10-13/h3-5,10,12,15H,6-9,11H2,1-2H3. The van der Waals surface area contributed by atoms with Crippen LogP contribution in [-0.4, -0.2) is 60.0 Å². The normalized spacial score (nSPS) is 17.5. The van der Waals surface area contributed by atoms with Crippen molar-refractivity contribution in [1.82, 2.24) is 20.1 Å². The molecule has 1 amide bonds. The highest BCUT2D eigenvalue weighted by Gasteiger charge is 2.24. The molecule has 1 saturated heterocycles. The molecule has 5 heteroatoms. The van der Waals surface area contributed by atoms with Crippen LogP contribution >= 0.6 is 0 Å². The van der Waals surface area contributed by atoms with Gasteiger partial charge in [-0.25, -0.2) is 0 Å². The molecule has 104 valence electrons. The highest BCUT2D eigenvalue weighted by Crippen LogP contribution is 2.08. The molecule has 1 unspecified atom stereocenters. The van der Waals surface area contributed by atoms with Gasteiger partial charge >= 0.3 is 0 Å². The molecule has 0 aromatic carbocycles. The number of nitrogens with one attached hydrogen (secondary N) is 1. The molecular formula is C14H22N4O. The lowest BCUT2D eigenvalue weighted by atomic mass is 10.2. The number of carbonyl (C=O) groups is 1. The molecule has 1 aliphatic rings. The van der Waals surface area contributed by atoms with Crippen LogP contribution in [0, 0.1) is 0 Å². The number of pyridine rings is 1. The molecule has 0 radical (unpaired) electrons. The molecule has 1 aromatic heterocycles. The van der Waals surface area contributed by atoms with Crippen molar-refractivity contribution in [1.29, 1.82) is 0 Å². The Kier molecular flexibility index (Phi) is 4.87. The lowest BCUT2D eigenvalue weighted by Crippen LogP contribution is -2.52. The second kappa shape index (κ2) is 6.63. The first-order valence-electron chi connectivity index (χ1n) is 6.77. The van der Waals surface area contributed by atoms with Gasteiger partial charge in [0.15, 0.2) is 0 Å². The van der Waals surface area contributed by atoms with Crippen molar-refractivity contribution in [3.05, 3.63) is 30.1 Å². The fourth-order valence-electron chi connectivity index (χ4n) is 2.25. The molecule has 1 aromatic rings. The summed E-state index contributed by atoms with van der Waals surface area (Å²) in [4.78, 5) is 20.5. The monoisotopic (exact) mass is 262 g/mol. The Hall–Kier alpha value is -1.46. The third-order valence-corrected chi connectivity index (χ3v) is 3.60. The van der Waals surface area contributed by atoms with Gasteiger partial charge in [-0.15, -0.1) is 0 Å². The molecule has 1 N–H and O–H groups in total. The van der Waals surface area contributed by atoms with Gasteiger partial charge in [0, 0.05) is 45.1 Å². The average Bonchev–Trinajstić information content (AvgIpc) is 2.47. The molecule has 1 atom stereocenters. The number of aromatic nitrogens is 1. The van der Waals surface area contributed by atoms with Crippen LogP contribution < -0.4 is 5.32 Å². The van der Waals surface area contributed by atoms with E-state index in [0.29, 0.717) is 0 Å². The summed E-state index contributed by atoms with van der Waals surface area (Å²) < 4.78 is 0. The van der Waals surface area contributed by atoms with Crippen LogP contribution in [0.4, 0.5) is 0 Å². The predicted molar refractivity (Wildman–Crippen MR) is 74.6 cm³/mol. The van der Waals surface area contributed by atoms with Crippen LogP contribution in [0.1, 0.15) is 12.5 Å². The van der Waals surface area contributed by atoms with Gasteiger partial charge in [-0.2, -0.15) is 0 Å². The van der Waals surface area contributed by atoms with Crippen LogP contribution in [0.15, 0.2) is 24.5 Å². The van der Waals surface area contributed by atoms with Crippen LogP contribution in [-0.2, 0) is 11.3 Å². The van der Waals surface area contributed by atoms with Crippen molar-refractivity contribution in [2.75, 3.05) is 33.2 Å². The number of likely N-dealkylation sites (N-methyl/N-ethyl adjacent to an activating group) is 1. The van der Waals surface area contributed by atoms with Gasteiger partial charge in [0.2, 0.25) is 5.91 Å². The molecular weight excluding hydrogens is 240 g/mol. The number of nitrogens with zero attached hydrogens (tertiary/aromatic N) is 3. The van der Waals surface area contributed by atoms with E-state index in [2.05, 4.69) is 15.2 Å². The third kappa shape index (κ3) is 3.75. The third-order valence-electron chi connectivity index (χ3n) is 3.60. The number of carbonyl (C=O) groups excluding carboxylic acids is 1. The highest BCUT2D eigenvalue weighted by atomic mass is 16.2. The maximum absolute atomic E-state index is 12.4. The molecule has 1 fully saturated rings. The number of amides is 1. The quantitative estimate of drug-likeness (QED) is 0.850. The molecule has 2 rings (SSSR count). The summed E-state index contributed by atoms with van der Waals surface area (Å²) in [6.45, 7) is 6.12. The summed E-state index contributed by atoms with van der Waals surface area (Å²) in [5, 5.41) is 3.26. The SMILES string of the molecule is CC(C(=O)N1CCNCC1)N(C)Cc1cccnc1. The van der Waals surface area contributed by atoms with E-state index in [0.717, 1.165) is 38.3 Å². The average molecular weight is 262 g/mol. The van der Waals surface area contributed by atoms with Gasteiger partial charge < -0.3 is 10.2 Å². The van der Waals surface area contributed by atoms with Crippen molar-refractivity contribution < 1.29 is 4.79 Å². The zero-order valence-electron chi connectivity index (χ0n) is 11.7. The van der Waals surface area contributed by atoms with Gasteiger partial charge in [-0.05, 0) is 25.6 Å². The fraction of sp³-hybridized carbons (Fsp3) is 0.571. The molecule has 0 saturated carbocycles. The second-order valence-electron chi connectivity index (χ2n) is 5.03. The molecule has 0 aliphatic carbocycles. The number of hydrogen-bond acceptors (Lipinski definition) is 4. The molecule has 2 heterocycles. The zero-order chi connectivity index (χ0) is 13.7. The summed E-state index contributed by atoms with van der Waals surface area (Å²) in [5.74, 6) is 0.216. The van der Waals surface area contributed by atoms with Gasteiger partial charge in [-0.3, -0.25) is 14.7 Å².